The van der Waals surface area contributed by atoms with E-state index < -0.39 is 15.9 Å². The number of morpholine rings is 1. The van der Waals surface area contributed by atoms with Gasteiger partial charge < -0.3 is 20.7 Å². The molecule has 0 radical (unpaired) electrons. The van der Waals surface area contributed by atoms with Gasteiger partial charge >= 0.3 is 0 Å². The molecule has 2 aromatic carbocycles. The number of carbonyl (C=O) groups excluding carboxylic acids is 1. The van der Waals surface area contributed by atoms with Gasteiger partial charge in [-0.1, -0.05) is 17.7 Å². The summed E-state index contributed by atoms with van der Waals surface area (Å²) in [5, 5.41) is 3.75. The number of hydrogen-bond donors (Lipinski definition) is 2. The van der Waals surface area contributed by atoms with Gasteiger partial charge in [0, 0.05) is 36.0 Å². The van der Waals surface area contributed by atoms with Crippen LogP contribution in [0.15, 0.2) is 77.8 Å². The van der Waals surface area contributed by atoms with E-state index in [4.69, 9.17) is 15.5 Å². The third-order valence-corrected chi connectivity index (χ3v) is 9.46. The molecule has 12 heteroatoms. The summed E-state index contributed by atoms with van der Waals surface area (Å²) in [6, 6.07) is 19.6. The number of ether oxygens (including phenoxy) is 1. The average Bonchev–Trinajstić information content (AvgIpc) is 3.62. The molecule has 1 fully saturated rings. The molecule has 3 N–H and O–H groups in total. The lowest BCUT2D eigenvalue weighted by molar-refractivity contribution is 0.100. The Morgan fingerprint density at radius 1 is 0.975 bits per heavy atom. The Morgan fingerprint density at radius 3 is 2.38 bits per heavy atom. The lowest BCUT2D eigenvalue weighted by atomic mass is 10.2. The molecular weight excluding hydrogens is 548 g/mol. The molecule has 204 valence electrons. The summed E-state index contributed by atoms with van der Waals surface area (Å²) in [6.07, 6.45) is 1.47. The summed E-state index contributed by atoms with van der Waals surface area (Å²) in [5.74, 6) is -0.325. The number of aryl methyl sites for hydroxylation is 1. The van der Waals surface area contributed by atoms with Crippen LogP contribution in [-0.2, 0) is 14.8 Å². The number of nitrogens with zero attached hydrogens (tertiary/aromatic N) is 4. The molecular formula is C28H26N6O4S2. The fourth-order valence-electron chi connectivity index (χ4n) is 4.56. The van der Waals surface area contributed by atoms with E-state index in [0.29, 0.717) is 34.0 Å². The van der Waals surface area contributed by atoms with E-state index in [2.05, 4.69) is 15.2 Å². The first kappa shape index (κ1) is 26.0. The molecule has 4 heterocycles. The number of nitrogens with one attached hydrogen (secondary N) is 1. The standard InChI is InChI=1S/C28H26N6O4S2/c1-18-2-8-21(9-3-18)40(36,37)34-13-12-22-25(23-10-11-24(39-23)26(29)35)31-28(32-27(22)34)30-19-4-6-20(7-5-19)33-14-16-38-17-15-33/h2-13H,14-17H2,1H3,(H2,29,35)(H,30,31,32). The number of fused-ring (bicyclic) bond motifs is 1. The second kappa shape index (κ2) is 10.4. The molecule has 6 rings (SSSR count). The van der Waals surface area contributed by atoms with E-state index in [1.807, 2.05) is 31.2 Å². The largest absolute Gasteiger partial charge is 0.378 e. The zero-order chi connectivity index (χ0) is 27.9. The van der Waals surface area contributed by atoms with E-state index in [0.717, 1.165) is 34.0 Å². The van der Waals surface area contributed by atoms with Gasteiger partial charge in [0.1, 0.15) is 0 Å². The maximum atomic E-state index is 13.6. The first-order chi connectivity index (χ1) is 19.3. The second-order valence-electron chi connectivity index (χ2n) is 9.36. The zero-order valence-corrected chi connectivity index (χ0v) is 23.2. The van der Waals surface area contributed by atoms with Gasteiger partial charge in [-0.05, 0) is 61.5 Å². The highest BCUT2D eigenvalue weighted by molar-refractivity contribution is 7.90. The summed E-state index contributed by atoms with van der Waals surface area (Å²) >= 11 is 1.19. The van der Waals surface area contributed by atoms with Gasteiger partial charge in [-0.15, -0.1) is 11.3 Å². The Kier molecular flexibility index (Phi) is 6.74. The van der Waals surface area contributed by atoms with Crippen LogP contribution in [0, 0.1) is 6.92 Å². The Bertz CT molecular complexity index is 1810. The SMILES string of the molecule is Cc1ccc(S(=O)(=O)n2ccc3c(-c4ccc(C(N)=O)s4)nc(Nc4ccc(N5CCOCC5)cc4)nc32)cc1. The minimum atomic E-state index is -3.94. The fourth-order valence-corrected chi connectivity index (χ4v) is 6.71. The highest BCUT2D eigenvalue weighted by atomic mass is 32.2. The summed E-state index contributed by atoms with van der Waals surface area (Å²) in [6.45, 7) is 4.95. The average molecular weight is 575 g/mol. The van der Waals surface area contributed by atoms with Gasteiger partial charge in [0.25, 0.3) is 15.9 Å². The minimum absolute atomic E-state index is 0.149. The Morgan fingerprint density at radius 2 is 1.70 bits per heavy atom. The van der Waals surface area contributed by atoms with Gasteiger partial charge in [0.15, 0.2) is 5.65 Å². The van der Waals surface area contributed by atoms with Gasteiger partial charge in [-0.3, -0.25) is 4.79 Å². The molecule has 0 atom stereocenters. The van der Waals surface area contributed by atoms with Crippen molar-refractivity contribution in [1.29, 1.82) is 0 Å². The van der Waals surface area contributed by atoms with E-state index in [-0.39, 0.29) is 16.5 Å². The molecule has 1 saturated heterocycles. The number of hydrogen-bond acceptors (Lipinski definition) is 9. The fraction of sp³-hybridized carbons (Fsp3) is 0.179. The van der Waals surface area contributed by atoms with Crippen LogP contribution in [0.2, 0.25) is 0 Å². The smallest absolute Gasteiger partial charge is 0.269 e. The number of aromatic nitrogens is 3. The molecule has 0 aliphatic carbocycles. The summed E-state index contributed by atoms with van der Waals surface area (Å²) < 4.78 is 33.9. The minimum Gasteiger partial charge on any atom is -0.378 e. The highest BCUT2D eigenvalue weighted by Gasteiger charge is 2.23. The summed E-state index contributed by atoms with van der Waals surface area (Å²) in [7, 11) is -3.94. The highest BCUT2D eigenvalue weighted by Crippen LogP contribution is 2.35. The van der Waals surface area contributed by atoms with E-state index in [9.17, 15) is 13.2 Å². The molecule has 40 heavy (non-hydrogen) atoms. The molecule has 0 saturated carbocycles. The van der Waals surface area contributed by atoms with Crippen LogP contribution in [0.3, 0.4) is 0 Å². The monoisotopic (exact) mass is 574 g/mol. The van der Waals surface area contributed by atoms with Crippen LogP contribution in [0.4, 0.5) is 17.3 Å². The van der Waals surface area contributed by atoms with Gasteiger partial charge in [0.2, 0.25) is 5.95 Å². The predicted octanol–water partition coefficient (Wildman–Crippen LogP) is 4.38. The molecule has 0 unspecified atom stereocenters. The number of thiophene rings is 1. The first-order valence-electron chi connectivity index (χ1n) is 12.6. The van der Waals surface area contributed by atoms with Crippen molar-refractivity contribution in [2.45, 2.75) is 11.8 Å². The van der Waals surface area contributed by atoms with Crippen molar-refractivity contribution < 1.29 is 17.9 Å². The first-order valence-corrected chi connectivity index (χ1v) is 14.9. The van der Waals surface area contributed by atoms with Crippen LogP contribution < -0.4 is 16.0 Å². The van der Waals surface area contributed by atoms with Crippen molar-refractivity contribution in [3.8, 4) is 10.6 Å². The van der Waals surface area contributed by atoms with Crippen LogP contribution >= 0.6 is 11.3 Å². The van der Waals surface area contributed by atoms with Crippen molar-refractivity contribution in [2.75, 3.05) is 36.5 Å². The van der Waals surface area contributed by atoms with Crippen LogP contribution in [0.5, 0.6) is 0 Å². The molecule has 1 aliphatic rings. The number of anilines is 3. The lowest BCUT2D eigenvalue weighted by Crippen LogP contribution is -2.36. The van der Waals surface area contributed by atoms with Crippen molar-refractivity contribution >= 4 is 55.6 Å². The van der Waals surface area contributed by atoms with Crippen LogP contribution in [0.1, 0.15) is 15.2 Å². The second-order valence-corrected chi connectivity index (χ2v) is 12.3. The molecule has 10 nitrogen and oxygen atoms in total. The summed E-state index contributed by atoms with van der Waals surface area (Å²) in [4.78, 5) is 24.6. The Hall–Kier alpha value is -4.26. The van der Waals surface area contributed by atoms with Crippen molar-refractivity contribution in [3.05, 3.63) is 83.4 Å². The van der Waals surface area contributed by atoms with Crippen molar-refractivity contribution in [2.24, 2.45) is 5.73 Å². The molecule has 5 aromatic rings. The van der Waals surface area contributed by atoms with Gasteiger partial charge in [-0.25, -0.2) is 17.4 Å². The van der Waals surface area contributed by atoms with Crippen molar-refractivity contribution in [1.82, 2.24) is 13.9 Å². The Balaban J connectivity index is 1.43. The number of benzene rings is 2. The number of rotatable bonds is 7. The lowest BCUT2D eigenvalue weighted by Gasteiger charge is -2.28. The van der Waals surface area contributed by atoms with Gasteiger partial charge in [-0.2, -0.15) is 4.98 Å². The maximum Gasteiger partial charge on any atom is 0.269 e. The number of nitrogens with two attached hydrogens (primary N) is 1. The summed E-state index contributed by atoms with van der Waals surface area (Å²) in [5.41, 5.74) is 8.97. The third kappa shape index (κ3) is 4.92. The third-order valence-electron chi connectivity index (χ3n) is 6.67. The number of primary amides is 1. The molecule has 3 aromatic heterocycles. The Labute approximate surface area is 235 Å². The predicted molar refractivity (Wildman–Crippen MR) is 156 cm³/mol. The number of carbonyl (C=O) groups is 1. The normalized spacial score (nSPS) is 14.0. The molecule has 0 spiro atoms. The molecule has 0 bridgehead atoms. The van der Waals surface area contributed by atoms with Crippen molar-refractivity contribution in [3.63, 3.8) is 0 Å². The van der Waals surface area contributed by atoms with E-state index in [1.165, 1.54) is 17.5 Å². The van der Waals surface area contributed by atoms with Crippen LogP contribution in [0.25, 0.3) is 21.6 Å². The van der Waals surface area contributed by atoms with E-state index in [1.54, 1.807) is 42.5 Å². The van der Waals surface area contributed by atoms with Crippen LogP contribution in [-0.4, -0.2) is 54.6 Å². The molecule has 1 amide bonds. The van der Waals surface area contributed by atoms with Gasteiger partial charge in [0.05, 0.1) is 33.6 Å². The topological polar surface area (TPSA) is 132 Å². The molecule has 1 aliphatic heterocycles. The number of amides is 1. The van der Waals surface area contributed by atoms with E-state index >= 15 is 0 Å². The maximum absolute atomic E-state index is 13.6. The zero-order valence-electron chi connectivity index (χ0n) is 21.6. The quantitative estimate of drug-likeness (QED) is 0.293.